The Morgan fingerprint density at radius 1 is 1.09 bits per heavy atom. The van der Waals surface area contributed by atoms with Gasteiger partial charge < -0.3 is 23.8 Å². The highest BCUT2D eigenvalue weighted by Crippen LogP contribution is 2.29. The highest BCUT2D eigenvalue weighted by molar-refractivity contribution is 5.89. The molecule has 0 unspecified atom stereocenters. The lowest BCUT2D eigenvalue weighted by Crippen LogP contribution is -2.41. The minimum atomic E-state index is -0.497. The number of ether oxygens (including phenoxy) is 4. The standard InChI is InChI=1S/C25H32N2O6/c1-25(2,3)33-24(29)27-13-11-17(12-14-27)20-7-6-8-22(26-20)32-16-19-10-9-18(23(28)31-5)15-21(19)30-4/h6-10,15,17H,11-14,16H2,1-5H3. The fourth-order valence-corrected chi connectivity index (χ4v) is 3.68. The number of rotatable bonds is 6. The maximum absolute atomic E-state index is 12.3. The normalized spacial score (nSPS) is 14.5. The second kappa shape index (κ2) is 10.6. The van der Waals surface area contributed by atoms with Gasteiger partial charge in [0.1, 0.15) is 18.0 Å². The van der Waals surface area contributed by atoms with E-state index in [0.717, 1.165) is 24.1 Å². The molecule has 3 rings (SSSR count). The maximum atomic E-state index is 12.3. The Hall–Kier alpha value is -3.29. The lowest BCUT2D eigenvalue weighted by atomic mass is 9.93. The minimum Gasteiger partial charge on any atom is -0.496 e. The Morgan fingerprint density at radius 3 is 2.45 bits per heavy atom. The molecule has 0 atom stereocenters. The van der Waals surface area contributed by atoms with Crippen LogP contribution in [0.3, 0.4) is 0 Å². The topological polar surface area (TPSA) is 87.2 Å². The van der Waals surface area contributed by atoms with Crippen LogP contribution in [0.15, 0.2) is 36.4 Å². The number of amides is 1. The van der Waals surface area contributed by atoms with Crippen LogP contribution in [0.5, 0.6) is 11.6 Å². The van der Waals surface area contributed by atoms with Crippen molar-refractivity contribution in [3.8, 4) is 11.6 Å². The van der Waals surface area contributed by atoms with Crippen molar-refractivity contribution in [2.45, 2.75) is 51.7 Å². The van der Waals surface area contributed by atoms with Crippen LogP contribution in [0, 0.1) is 0 Å². The van der Waals surface area contributed by atoms with Gasteiger partial charge >= 0.3 is 12.1 Å². The van der Waals surface area contributed by atoms with E-state index in [-0.39, 0.29) is 18.6 Å². The molecule has 0 bridgehead atoms. The number of carbonyl (C=O) groups excluding carboxylic acids is 2. The maximum Gasteiger partial charge on any atom is 0.410 e. The van der Waals surface area contributed by atoms with Crippen molar-refractivity contribution in [2.75, 3.05) is 27.3 Å². The van der Waals surface area contributed by atoms with E-state index in [1.54, 1.807) is 30.2 Å². The molecule has 8 heteroatoms. The van der Waals surface area contributed by atoms with Gasteiger partial charge in [-0.3, -0.25) is 0 Å². The molecule has 1 aliphatic heterocycles. The number of hydrogen-bond donors (Lipinski definition) is 0. The summed E-state index contributed by atoms with van der Waals surface area (Å²) in [5.41, 5.74) is 1.66. The highest BCUT2D eigenvalue weighted by atomic mass is 16.6. The molecule has 2 aromatic rings. The Labute approximate surface area is 194 Å². The van der Waals surface area contributed by atoms with E-state index in [2.05, 4.69) is 4.98 Å². The van der Waals surface area contributed by atoms with Crippen LogP contribution < -0.4 is 9.47 Å². The van der Waals surface area contributed by atoms with Crippen molar-refractivity contribution < 1.29 is 28.5 Å². The molecule has 1 aromatic heterocycles. The molecule has 0 aliphatic carbocycles. The summed E-state index contributed by atoms with van der Waals surface area (Å²) in [6.45, 7) is 7.13. The van der Waals surface area contributed by atoms with Crippen LogP contribution in [-0.2, 0) is 16.1 Å². The fraction of sp³-hybridized carbons (Fsp3) is 0.480. The molecule has 0 N–H and O–H groups in total. The van der Waals surface area contributed by atoms with Crippen LogP contribution >= 0.6 is 0 Å². The molecular weight excluding hydrogens is 424 g/mol. The minimum absolute atomic E-state index is 0.248. The number of benzene rings is 1. The molecule has 1 aliphatic rings. The smallest absolute Gasteiger partial charge is 0.410 e. The van der Waals surface area contributed by atoms with Crippen molar-refractivity contribution >= 4 is 12.1 Å². The monoisotopic (exact) mass is 456 g/mol. The summed E-state index contributed by atoms with van der Waals surface area (Å²) in [6.07, 6.45) is 1.37. The van der Waals surface area contributed by atoms with Gasteiger partial charge in [-0.2, -0.15) is 0 Å². The molecule has 2 heterocycles. The van der Waals surface area contributed by atoms with E-state index in [1.165, 1.54) is 7.11 Å². The van der Waals surface area contributed by atoms with E-state index in [9.17, 15) is 9.59 Å². The van der Waals surface area contributed by atoms with E-state index >= 15 is 0 Å². The molecule has 0 saturated carbocycles. The molecule has 178 valence electrons. The van der Waals surface area contributed by atoms with E-state index in [4.69, 9.17) is 18.9 Å². The Bertz CT molecular complexity index is 977. The number of pyridine rings is 1. The molecule has 0 radical (unpaired) electrons. The molecule has 1 aromatic carbocycles. The molecule has 1 amide bonds. The van der Waals surface area contributed by atoms with Crippen LogP contribution in [0.2, 0.25) is 0 Å². The van der Waals surface area contributed by atoms with Gasteiger partial charge in [0, 0.05) is 36.3 Å². The van der Waals surface area contributed by atoms with Crippen LogP contribution in [-0.4, -0.2) is 54.9 Å². The predicted octanol–water partition coefficient (Wildman–Crippen LogP) is 4.57. The average Bonchev–Trinajstić information content (AvgIpc) is 2.81. The first-order valence-electron chi connectivity index (χ1n) is 11.0. The first kappa shape index (κ1) is 24.4. The third kappa shape index (κ3) is 6.60. The van der Waals surface area contributed by atoms with E-state index in [0.29, 0.717) is 30.3 Å². The van der Waals surface area contributed by atoms with Crippen molar-refractivity contribution in [1.29, 1.82) is 0 Å². The molecule has 33 heavy (non-hydrogen) atoms. The summed E-state index contributed by atoms with van der Waals surface area (Å²) in [5.74, 6) is 0.888. The summed E-state index contributed by atoms with van der Waals surface area (Å²) in [5, 5.41) is 0. The van der Waals surface area contributed by atoms with Crippen LogP contribution in [0.25, 0.3) is 0 Å². The number of aromatic nitrogens is 1. The Kier molecular flexibility index (Phi) is 7.79. The SMILES string of the molecule is COC(=O)c1ccc(COc2cccc(C3CCN(C(=O)OC(C)(C)C)CC3)n2)c(OC)c1. The average molecular weight is 457 g/mol. The summed E-state index contributed by atoms with van der Waals surface area (Å²) in [7, 11) is 2.88. The lowest BCUT2D eigenvalue weighted by Gasteiger charge is -2.33. The quantitative estimate of drug-likeness (QED) is 0.589. The number of carbonyl (C=O) groups is 2. The zero-order chi connectivity index (χ0) is 24.0. The van der Waals surface area contributed by atoms with Crippen LogP contribution in [0.1, 0.15) is 61.1 Å². The van der Waals surface area contributed by atoms with Gasteiger partial charge in [-0.05, 0) is 51.8 Å². The van der Waals surface area contributed by atoms with Crippen molar-refractivity contribution in [2.24, 2.45) is 0 Å². The zero-order valence-corrected chi connectivity index (χ0v) is 19.9. The van der Waals surface area contributed by atoms with Crippen molar-refractivity contribution in [3.63, 3.8) is 0 Å². The van der Waals surface area contributed by atoms with E-state index in [1.807, 2.05) is 39.0 Å². The first-order chi connectivity index (χ1) is 15.7. The van der Waals surface area contributed by atoms with Gasteiger partial charge in [0.05, 0.1) is 19.8 Å². The van der Waals surface area contributed by atoms with Gasteiger partial charge in [-0.1, -0.05) is 12.1 Å². The molecular formula is C25H32N2O6. The number of methoxy groups -OCH3 is 2. The number of hydrogen-bond acceptors (Lipinski definition) is 7. The van der Waals surface area contributed by atoms with Gasteiger partial charge in [-0.25, -0.2) is 14.6 Å². The fourth-order valence-electron chi connectivity index (χ4n) is 3.68. The second-order valence-electron chi connectivity index (χ2n) is 8.95. The van der Waals surface area contributed by atoms with Crippen molar-refractivity contribution in [1.82, 2.24) is 9.88 Å². The molecule has 1 saturated heterocycles. The van der Waals surface area contributed by atoms with Gasteiger partial charge in [0.15, 0.2) is 0 Å². The Morgan fingerprint density at radius 2 is 1.82 bits per heavy atom. The lowest BCUT2D eigenvalue weighted by molar-refractivity contribution is 0.0203. The number of esters is 1. The predicted molar refractivity (Wildman–Crippen MR) is 123 cm³/mol. The summed E-state index contributed by atoms with van der Waals surface area (Å²) < 4.78 is 21.5. The third-order valence-electron chi connectivity index (χ3n) is 5.39. The Balaban J connectivity index is 1.60. The number of piperidine rings is 1. The second-order valence-corrected chi connectivity index (χ2v) is 8.95. The highest BCUT2D eigenvalue weighted by Gasteiger charge is 2.28. The number of nitrogens with zero attached hydrogens (tertiary/aromatic N) is 2. The number of likely N-dealkylation sites (tertiary alicyclic amines) is 1. The van der Waals surface area contributed by atoms with Gasteiger partial charge in [0.25, 0.3) is 0 Å². The van der Waals surface area contributed by atoms with Gasteiger partial charge in [-0.15, -0.1) is 0 Å². The summed E-state index contributed by atoms with van der Waals surface area (Å²) in [6, 6.07) is 10.8. The summed E-state index contributed by atoms with van der Waals surface area (Å²) in [4.78, 5) is 30.5. The molecule has 1 fully saturated rings. The molecule has 0 spiro atoms. The zero-order valence-electron chi connectivity index (χ0n) is 19.9. The van der Waals surface area contributed by atoms with Gasteiger partial charge in [0.2, 0.25) is 5.88 Å². The van der Waals surface area contributed by atoms with Crippen molar-refractivity contribution in [3.05, 3.63) is 53.2 Å². The summed E-state index contributed by atoms with van der Waals surface area (Å²) >= 11 is 0. The molecule has 8 nitrogen and oxygen atoms in total. The van der Waals surface area contributed by atoms with Crippen LogP contribution in [0.4, 0.5) is 4.79 Å². The van der Waals surface area contributed by atoms with E-state index < -0.39 is 11.6 Å². The first-order valence-corrected chi connectivity index (χ1v) is 11.0. The third-order valence-corrected chi connectivity index (χ3v) is 5.39. The largest absolute Gasteiger partial charge is 0.496 e.